The first-order valence-electron chi connectivity index (χ1n) is 6.20. The molecular weight excluding hydrogens is 248 g/mol. The Morgan fingerprint density at radius 2 is 1.47 bits per heavy atom. The van der Waals surface area contributed by atoms with Gasteiger partial charge in [0.05, 0.1) is 6.54 Å². The van der Waals surface area contributed by atoms with Crippen LogP contribution in [0.4, 0.5) is 0 Å². The first-order valence-corrected chi connectivity index (χ1v) is 6.20. The Morgan fingerprint density at radius 3 is 1.84 bits per heavy atom. The van der Waals surface area contributed by atoms with Crippen LogP contribution in [0, 0.1) is 0 Å². The molecule has 0 aliphatic carbocycles. The maximum atomic E-state index is 10.5. The van der Waals surface area contributed by atoms with Crippen molar-refractivity contribution in [3.8, 4) is 0 Å². The van der Waals surface area contributed by atoms with Gasteiger partial charge in [0, 0.05) is 33.5 Å². The van der Waals surface area contributed by atoms with Crippen LogP contribution in [0.2, 0.25) is 0 Å². The average molecular weight is 268 g/mol. The molecule has 0 aromatic carbocycles. The van der Waals surface area contributed by atoms with Crippen LogP contribution in [0.1, 0.15) is 20.3 Å². The van der Waals surface area contributed by atoms with Crippen molar-refractivity contribution in [2.45, 2.75) is 20.3 Å². The van der Waals surface area contributed by atoms with Crippen molar-refractivity contribution in [3.05, 3.63) is 0 Å². The molecule has 2 aliphatic heterocycles. The second kappa shape index (κ2) is 8.06. The first kappa shape index (κ1) is 14.9. The molecule has 0 atom stereocenters. The number of guanidine groups is 2. The molecule has 4 N–H and O–H groups in total. The molecule has 0 spiro atoms. The van der Waals surface area contributed by atoms with Crippen LogP contribution in [0.15, 0.2) is 9.98 Å². The monoisotopic (exact) mass is 268 g/mol. The van der Waals surface area contributed by atoms with E-state index in [2.05, 4.69) is 31.3 Å². The number of nitrogens with one attached hydrogen (secondary N) is 4. The number of rotatable bonds is 0. The van der Waals surface area contributed by atoms with Gasteiger partial charge >= 0.3 is 0 Å². The molecule has 2 aliphatic rings. The van der Waals surface area contributed by atoms with E-state index in [0.29, 0.717) is 11.9 Å². The Bertz CT molecular complexity index is 391. The molecular formula is C11H20N6O2. The minimum absolute atomic E-state index is 0.0758. The van der Waals surface area contributed by atoms with Gasteiger partial charge in [0.2, 0.25) is 11.8 Å². The standard InChI is InChI=1S/C6H11N3O.C5H9N3O/c1-5(10)9-6-7-3-2-4-8-6;1-4(9)8-5-6-2-3-7-5/h2-4H2,1H3,(H2,7,8,9,10);2-3H2,1H3,(H2,6,7,8,9). The predicted octanol–water partition coefficient (Wildman–Crippen LogP) is -1.45. The summed E-state index contributed by atoms with van der Waals surface area (Å²) < 4.78 is 0. The third kappa shape index (κ3) is 7.02. The molecule has 0 aromatic rings. The number of aliphatic imine (C=N–C) groups is 2. The van der Waals surface area contributed by atoms with Crippen molar-refractivity contribution in [1.29, 1.82) is 0 Å². The van der Waals surface area contributed by atoms with Crippen molar-refractivity contribution in [1.82, 2.24) is 21.3 Å². The van der Waals surface area contributed by atoms with E-state index >= 15 is 0 Å². The lowest BCUT2D eigenvalue weighted by atomic mass is 10.4. The van der Waals surface area contributed by atoms with Crippen LogP contribution in [-0.4, -0.2) is 49.9 Å². The molecule has 0 fully saturated rings. The summed E-state index contributed by atoms with van der Waals surface area (Å²) in [6.07, 6.45) is 1.04. The third-order valence-electron chi connectivity index (χ3n) is 2.16. The summed E-state index contributed by atoms with van der Waals surface area (Å²) >= 11 is 0. The van der Waals surface area contributed by atoms with E-state index < -0.39 is 0 Å². The lowest BCUT2D eigenvalue weighted by molar-refractivity contribution is -0.118. The molecule has 0 radical (unpaired) electrons. The molecule has 2 heterocycles. The quantitative estimate of drug-likeness (QED) is 0.431. The lowest BCUT2D eigenvalue weighted by Gasteiger charge is -2.13. The largest absolute Gasteiger partial charge is 0.356 e. The third-order valence-corrected chi connectivity index (χ3v) is 2.16. The number of hydrogen-bond donors (Lipinski definition) is 4. The minimum Gasteiger partial charge on any atom is -0.356 e. The van der Waals surface area contributed by atoms with E-state index in [9.17, 15) is 9.59 Å². The molecule has 0 bridgehead atoms. The fourth-order valence-corrected chi connectivity index (χ4v) is 1.43. The zero-order valence-electron chi connectivity index (χ0n) is 11.2. The van der Waals surface area contributed by atoms with Crippen LogP contribution in [0.25, 0.3) is 0 Å². The zero-order valence-corrected chi connectivity index (χ0v) is 11.2. The molecule has 0 unspecified atom stereocenters. The van der Waals surface area contributed by atoms with Crippen LogP contribution in [-0.2, 0) is 9.59 Å². The van der Waals surface area contributed by atoms with Crippen LogP contribution >= 0.6 is 0 Å². The minimum atomic E-state index is -0.0804. The van der Waals surface area contributed by atoms with Crippen molar-refractivity contribution in [2.75, 3.05) is 26.2 Å². The highest BCUT2D eigenvalue weighted by atomic mass is 16.2. The second-order valence-corrected chi connectivity index (χ2v) is 4.03. The van der Waals surface area contributed by atoms with Gasteiger partial charge in [0.25, 0.3) is 0 Å². The van der Waals surface area contributed by atoms with E-state index in [1.54, 1.807) is 0 Å². The summed E-state index contributed by atoms with van der Waals surface area (Å²) in [5.41, 5.74) is 0. The Kier molecular flexibility index (Phi) is 6.34. The van der Waals surface area contributed by atoms with Gasteiger partial charge in [0.1, 0.15) is 0 Å². The topological polar surface area (TPSA) is 107 Å². The molecule has 2 rings (SSSR count). The Balaban J connectivity index is 0.000000191. The highest BCUT2D eigenvalue weighted by Gasteiger charge is 2.04. The second-order valence-electron chi connectivity index (χ2n) is 4.03. The van der Waals surface area contributed by atoms with E-state index in [0.717, 1.165) is 32.6 Å². The highest BCUT2D eigenvalue weighted by Crippen LogP contribution is 1.86. The number of hydrogen-bond acceptors (Lipinski definition) is 6. The molecule has 8 heteroatoms. The average Bonchev–Trinajstić information content (AvgIpc) is 2.82. The zero-order chi connectivity index (χ0) is 14.1. The maximum absolute atomic E-state index is 10.5. The van der Waals surface area contributed by atoms with Crippen LogP contribution in [0.5, 0.6) is 0 Å². The molecule has 19 heavy (non-hydrogen) atoms. The summed E-state index contributed by atoms with van der Waals surface area (Å²) in [7, 11) is 0. The number of amides is 2. The van der Waals surface area contributed by atoms with Gasteiger partial charge < -0.3 is 10.6 Å². The van der Waals surface area contributed by atoms with Gasteiger partial charge in [-0.15, -0.1) is 0 Å². The molecule has 0 saturated heterocycles. The van der Waals surface area contributed by atoms with E-state index in [4.69, 9.17) is 0 Å². The van der Waals surface area contributed by atoms with Gasteiger partial charge in [-0.05, 0) is 6.42 Å². The number of nitrogens with zero attached hydrogens (tertiary/aromatic N) is 2. The van der Waals surface area contributed by atoms with Crippen LogP contribution in [0.3, 0.4) is 0 Å². The van der Waals surface area contributed by atoms with E-state index in [1.807, 2.05) is 0 Å². The maximum Gasteiger partial charge on any atom is 0.223 e. The van der Waals surface area contributed by atoms with Gasteiger partial charge in [-0.1, -0.05) is 0 Å². The molecule has 8 nitrogen and oxygen atoms in total. The normalized spacial score (nSPS) is 16.7. The van der Waals surface area contributed by atoms with E-state index in [1.165, 1.54) is 13.8 Å². The van der Waals surface area contributed by atoms with E-state index in [-0.39, 0.29) is 11.8 Å². The molecule has 0 saturated carbocycles. The van der Waals surface area contributed by atoms with Crippen molar-refractivity contribution >= 4 is 23.7 Å². The van der Waals surface area contributed by atoms with Crippen molar-refractivity contribution < 1.29 is 9.59 Å². The van der Waals surface area contributed by atoms with Gasteiger partial charge in [-0.2, -0.15) is 0 Å². The Morgan fingerprint density at radius 1 is 0.947 bits per heavy atom. The van der Waals surface area contributed by atoms with Gasteiger partial charge in [-0.25, -0.2) is 0 Å². The Labute approximate surface area is 112 Å². The Hall–Kier alpha value is -2.12. The fourth-order valence-electron chi connectivity index (χ4n) is 1.43. The summed E-state index contributed by atoms with van der Waals surface area (Å²) in [6, 6.07) is 0. The van der Waals surface area contributed by atoms with Gasteiger partial charge in [0.15, 0.2) is 11.9 Å². The SMILES string of the molecule is CC(=O)NC1=NCCCN1.CC(=O)NC1=NCCN1. The predicted molar refractivity (Wildman–Crippen MR) is 72.9 cm³/mol. The lowest BCUT2D eigenvalue weighted by Crippen LogP contribution is -2.42. The highest BCUT2D eigenvalue weighted by molar-refractivity contribution is 5.96. The van der Waals surface area contributed by atoms with Crippen LogP contribution < -0.4 is 21.3 Å². The molecule has 2 amide bonds. The fraction of sp³-hybridized carbons (Fsp3) is 0.636. The number of carbonyl (C=O) groups excluding carboxylic acids is 2. The van der Waals surface area contributed by atoms with Crippen molar-refractivity contribution in [2.24, 2.45) is 9.98 Å². The number of carbonyl (C=O) groups is 2. The molecule has 106 valence electrons. The van der Waals surface area contributed by atoms with Gasteiger partial charge in [-0.3, -0.25) is 30.2 Å². The summed E-state index contributed by atoms with van der Waals surface area (Å²) in [5, 5.41) is 11.0. The summed E-state index contributed by atoms with van der Waals surface area (Å²) in [6.45, 7) is 6.23. The smallest absolute Gasteiger partial charge is 0.223 e. The molecule has 0 aromatic heterocycles. The summed E-state index contributed by atoms with van der Waals surface area (Å²) in [4.78, 5) is 28.8. The summed E-state index contributed by atoms with van der Waals surface area (Å²) in [5.74, 6) is 1.05. The van der Waals surface area contributed by atoms with Crippen molar-refractivity contribution in [3.63, 3.8) is 0 Å². The first-order chi connectivity index (χ1) is 9.08.